The van der Waals surface area contributed by atoms with Gasteiger partial charge in [0.05, 0.1) is 6.20 Å². The number of hydrazine groups is 1. The number of hydrogen-bond acceptors (Lipinski definition) is 5. The van der Waals surface area contributed by atoms with E-state index >= 15 is 0 Å². The van der Waals surface area contributed by atoms with Crippen molar-refractivity contribution >= 4 is 23.1 Å². The molecule has 0 spiro atoms. The monoisotopic (exact) mass is 323 g/mol. The Morgan fingerprint density at radius 2 is 2.12 bits per heavy atom. The number of fused-ring (bicyclic) bond motifs is 1. The highest BCUT2D eigenvalue weighted by Gasteiger charge is 2.14. The number of imidazole rings is 1. The van der Waals surface area contributed by atoms with Crippen LogP contribution in [0.5, 0.6) is 0 Å². The predicted octanol–water partition coefficient (Wildman–Crippen LogP) is 0.979. The van der Waals surface area contributed by atoms with Crippen LogP contribution in [0.1, 0.15) is 21.6 Å². The number of rotatable bonds is 3. The van der Waals surface area contributed by atoms with Crippen molar-refractivity contribution in [1.82, 2.24) is 14.8 Å². The van der Waals surface area contributed by atoms with Gasteiger partial charge in [0.15, 0.2) is 5.84 Å². The molecular weight excluding hydrogens is 306 g/mol. The molecule has 1 aromatic carbocycles. The molecule has 2 aromatic heterocycles. The number of nitrogens with one attached hydrogen (secondary N) is 2. The first kappa shape index (κ1) is 15.5. The van der Waals surface area contributed by atoms with E-state index in [9.17, 15) is 4.79 Å². The minimum atomic E-state index is -0.263. The average molecular weight is 323 g/mol. The fourth-order valence-electron chi connectivity index (χ4n) is 2.39. The first-order chi connectivity index (χ1) is 11.6. The van der Waals surface area contributed by atoms with Crippen LogP contribution < -0.4 is 22.4 Å². The Labute approximate surface area is 138 Å². The molecule has 0 aliphatic rings. The Balaban J connectivity index is 1.93. The standard InChI is InChI=1S/C16H17N7O/c1-10-5-6-11(15(21-17)22-18)8-12(10)20-16(24)13-9-19-14-4-2-3-7-23(13)14/h2-9H,17-18H2,1H3,(H,20,24)(H,21,22). The van der Waals surface area contributed by atoms with Crippen molar-refractivity contribution < 1.29 is 4.79 Å². The van der Waals surface area contributed by atoms with Crippen LogP contribution in [0.3, 0.4) is 0 Å². The Bertz CT molecular complexity index is 929. The lowest BCUT2D eigenvalue weighted by atomic mass is 10.1. The second-order valence-electron chi connectivity index (χ2n) is 5.18. The van der Waals surface area contributed by atoms with Crippen LogP contribution in [0.2, 0.25) is 0 Å². The molecular formula is C16H17N7O. The second-order valence-corrected chi connectivity index (χ2v) is 5.18. The summed E-state index contributed by atoms with van der Waals surface area (Å²) >= 11 is 0. The number of nitrogens with zero attached hydrogens (tertiary/aromatic N) is 3. The molecule has 8 nitrogen and oxygen atoms in total. The number of aromatic nitrogens is 2. The van der Waals surface area contributed by atoms with Gasteiger partial charge in [-0.3, -0.25) is 9.20 Å². The summed E-state index contributed by atoms with van der Waals surface area (Å²) in [5.41, 5.74) is 5.77. The minimum Gasteiger partial charge on any atom is -0.321 e. The molecule has 24 heavy (non-hydrogen) atoms. The lowest BCUT2D eigenvalue weighted by Gasteiger charge is -2.11. The van der Waals surface area contributed by atoms with Crippen LogP contribution in [0.25, 0.3) is 5.65 Å². The van der Waals surface area contributed by atoms with Gasteiger partial charge in [0, 0.05) is 17.4 Å². The zero-order valence-electron chi connectivity index (χ0n) is 13.0. The fourth-order valence-corrected chi connectivity index (χ4v) is 2.39. The summed E-state index contributed by atoms with van der Waals surface area (Å²) in [6.07, 6.45) is 3.33. The molecule has 1 amide bonds. The van der Waals surface area contributed by atoms with Crippen molar-refractivity contribution in [3.63, 3.8) is 0 Å². The number of nitrogens with two attached hydrogens (primary N) is 2. The summed E-state index contributed by atoms with van der Waals surface area (Å²) < 4.78 is 1.72. The summed E-state index contributed by atoms with van der Waals surface area (Å²) in [6, 6.07) is 11.0. The number of hydrogen-bond donors (Lipinski definition) is 4. The molecule has 0 aliphatic carbocycles. The highest BCUT2D eigenvalue weighted by atomic mass is 16.1. The van der Waals surface area contributed by atoms with Gasteiger partial charge in [-0.1, -0.05) is 18.2 Å². The molecule has 6 N–H and O–H groups in total. The molecule has 2 heterocycles. The largest absolute Gasteiger partial charge is 0.321 e. The van der Waals surface area contributed by atoms with Crippen molar-refractivity contribution in [1.29, 1.82) is 0 Å². The van der Waals surface area contributed by atoms with E-state index in [1.165, 1.54) is 6.20 Å². The number of amidine groups is 1. The summed E-state index contributed by atoms with van der Waals surface area (Å²) in [7, 11) is 0. The van der Waals surface area contributed by atoms with Crippen molar-refractivity contribution in [2.75, 3.05) is 5.32 Å². The topological polar surface area (TPSA) is 123 Å². The van der Waals surface area contributed by atoms with Crippen LogP contribution >= 0.6 is 0 Å². The van der Waals surface area contributed by atoms with Crippen LogP contribution in [-0.2, 0) is 0 Å². The van der Waals surface area contributed by atoms with Crippen LogP contribution in [0, 0.1) is 6.92 Å². The predicted molar refractivity (Wildman–Crippen MR) is 92.4 cm³/mol. The van der Waals surface area contributed by atoms with Gasteiger partial charge >= 0.3 is 0 Å². The molecule has 0 saturated heterocycles. The molecule has 0 unspecified atom stereocenters. The van der Waals surface area contributed by atoms with E-state index in [0.717, 1.165) is 5.56 Å². The van der Waals surface area contributed by atoms with Crippen molar-refractivity contribution in [2.24, 2.45) is 16.8 Å². The summed E-state index contributed by atoms with van der Waals surface area (Å²) in [5, 5.41) is 6.46. The number of carbonyl (C=O) groups is 1. The smallest absolute Gasteiger partial charge is 0.274 e. The number of anilines is 1. The number of benzene rings is 1. The van der Waals surface area contributed by atoms with Gasteiger partial charge in [-0.05, 0) is 30.7 Å². The van der Waals surface area contributed by atoms with Gasteiger partial charge in [-0.2, -0.15) is 5.10 Å². The van der Waals surface area contributed by atoms with Gasteiger partial charge in [-0.25, -0.2) is 10.8 Å². The Morgan fingerprint density at radius 3 is 2.88 bits per heavy atom. The van der Waals surface area contributed by atoms with Crippen molar-refractivity contribution in [3.8, 4) is 0 Å². The number of aryl methyl sites for hydroxylation is 1. The van der Waals surface area contributed by atoms with Gasteiger partial charge in [-0.15, -0.1) is 0 Å². The van der Waals surface area contributed by atoms with Gasteiger partial charge in [0.1, 0.15) is 11.3 Å². The normalized spacial score (nSPS) is 11.5. The molecule has 8 heteroatoms. The molecule has 0 saturated carbocycles. The number of pyridine rings is 1. The molecule has 0 radical (unpaired) electrons. The molecule has 0 fully saturated rings. The lowest BCUT2D eigenvalue weighted by Crippen LogP contribution is -2.32. The molecule has 0 atom stereocenters. The maximum absolute atomic E-state index is 12.6. The summed E-state index contributed by atoms with van der Waals surface area (Å²) in [4.78, 5) is 16.8. The van der Waals surface area contributed by atoms with E-state index in [0.29, 0.717) is 28.4 Å². The number of amides is 1. The highest BCUT2D eigenvalue weighted by molar-refractivity contribution is 6.05. The first-order valence-corrected chi connectivity index (χ1v) is 7.23. The average Bonchev–Trinajstić information content (AvgIpc) is 3.03. The molecule has 3 rings (SSSR count). The van der Waals surface area contributed by atoms with Crippen molar-refractivity contribution in [3.05, 3.63) is 65.6 Å². The maximum atomic E-state index is 12.6. The van der Waals surface area contributed by atoms with Crippen molar-refractivity contribution in [2.45, 2.75) is 6.92 Å². The van der Waals surface area contributed by atoms with E-state index < -0.39 is 0 Å². The maximum Gasteiger partial charge on any atom is 0.274 e. The van der Waals surface area contributed by atoms with E-state index in [4.69, 9.17) is 11.7 Å². The number of hydrazone groups is 1. The molecule has 0 bridgehead atoms. The lowest BCUT2D eigenvalue weighted by molar-refractivity contribution is 0.102. The van der Waals surface area contributed by atoms with Gasteiger partial charge in [0.25, 0.3) is 5.91 Å². The van der Waals surface area contributed by atoms with E-state index in [2.05, 4.69) is 20.8 Å². The first-order valence-electron chi connectivity index (χ1n) is 7.23. The SMILES string of the molecule is Cc1ccc(/C(=N/N)NN)cc1NC(=O)c1cnc2ccccn12. The second kappa shape index (κ2) is 6.39. The zero-order valence-corrected chi connectivity index (χ0v) is 13.0. The highest BCUT2D eigenvalue weighted by Crippen LogP contribution is 2.18. The summed E-state index contributed by atoms with van der Waals surface area (Å²) in [5.74, 6) is 10.7. The van der Waals surface area contributed by atoms with E-state index in [-0.39, 0.29) is 5.91 Å². The Morgan fingerprint density at radius 1 is 1.29 bits per heavy atom. The Hall–Kier alpha value is -3.39. The van der Waals surface area contributed by atoms with Crippen LogP contribution in [0.15, 0.2) is 53.9 Å². The Kier molecular flexibility index (Phi) is 4.13. The molecule has 122 valence electrons. The number of carbonyl (C=O) groups excluding carboxylic acids is 1. The molecule has 0 aliphatic heterocycles. The van der Waals surface area contributed by atoms with E-state index in [1.54, 1.807) is 16.7 Å². The zero-order chi connectivity index (χ0) is 17.1. The van der Waals surface area contributed by atoms with Gasteiger partial charge in [0.2, 0.25) is 0 Å². The summed E-state index contributed by atoms with van der Waals surface area (Å²) in [6.45, 7) is 1.89. The third-order valence-electron chi connectivity index (χ3n) is 3.67. The third kappa shape index (κ3) is 2.77. The van der Waals surface area contributed by atoms with Gasteiger partial charge < -0.3 is 16.6 Å². The quantitative estimate of drug-likeness (QED) is 0.248. The third-order valence-corrected chi connectivity index (χ3v) is 3.67. The minimum absolute atomic E-state index is 0.263. The van der Waals surface area contributed by atoms with Crippen LogP contribution in [0.4, 0.5) is 5.69 Å². The van der Waals surface area contributed by atoms with E-state index in [1.807, 2.05) is 37.3 Å². The fraction of sp³-hybridized carbons (Fsp3) is 0.0625. The van der Waals surface area contributed by atoms with Crippen LogP contribution in [-0.4, -0.2) is 21.1 Å². The molecule has 3 aromatic rings.